The predicted molar refractivity (Wildman–Crippen MR) is 57.7 cm³/mol. The van der Waals surface area contributed by atoms with Crippen molar-refractivity contribution in [1.29, 1.82) is 0 Å². The van der Waals surface area contributed by atoms with Crippen LogP contribution < -0.4 is 10.4 Å². The third-order valence-electron chi connectivity index (χ3n) is 2.44. The number of hydrogen-bond acceptors (Lipinski definition) is 4. The molecule has 8 nitrogen and oxygen atoms in total. The van der Waals surface area contributed by atoms with Gasteiger partial charge in [-0.05, 0) is 6.07 Å². The molecule has 1 aliphatic heterocycles. The molecule has 0 spiro atoms. The van der Waals surface area contributed by atoms with Gasteiger partial charge in [0.15, 0.2) is 5.69 Å². The lowest BCUT2D eigenvalue weighted by Gasteiger charge is -2.12. The minimum absolute atomic E-state index is 0. The molecule has 0 bridgehead atoms. The zero-order valence-corrected chi connectivity index (χ0v) is 9.08. The Morgan fingerprint density at radius 1 is 1.33 bits per heavy atom. The maximum atomic E-state index is 11.6. The van der Waals surface area contributed by atoms with Gasteiger partial charge in [0.2, 0.25) is 0 Å². The summed E-state index contributed by atoms with van der Waals surface area (Å²) in [4.78, 5) is 34.6. The average Bonchev–Trinajstić information content (AvgIpc) is 2.54. The predicted octanol–water partition coefficient (Wildman–Crippen LogP) is -1.94. The highest BCUT2D eigenvalue weighted by molar-refractivity contribution is 6.52. The number of amides is 1. The maximum Gasteiger partial charge on any atom is 0.323 e. The Morgan fingerprint density at radius 2 is 2.00 bits per heavy atom. The number of rotatable bonds is 3. The van der Waals surface area contributed by atoms with E-state index in [1.807, 2.05) is 0 Å². The topological polar surface area (TPSA) is 143 Å². The molecule has 0 unspecified atom stereocenters. The molecule has 8 heteroatoms. The number of carbonyl (C=O) groups is 3. The van der Waals surface area contributed by atoms with Gasteiger partial charge in [-0.15, -0.1) is 0 Å². The second-order valence-corrected chi connectivity index (χ2v) is 3.52. The monoisotopic (exact) mass is 255 g/mol. The van der Waals surface area contributed by atoms with Gasteiger partial charge in [0.05, 0.1) is 11.3 Å². The number of anilines is 1. The van der Waals surface area contributed by atoms with Crippen LogP contribution >= 0.6 is 0 Å². The largest absolute Gasteiger partial charge is 0.480 e. The van der Waals surface area contributed by atoms with E-state index in [0.29, 0.717) is 5.69 Å². The molecule has 0 aliphatic carbocycles. The molecule has 1 aromatic carbocycles. The Hall–Kier alpha value is -2.29. The lowest BCUT2D eigenvalue weighted by atomic mass is 10.1. The number of quaternary nitrogens is 1. The first-order valence-corrected chi connectivity index (χ1v) is 4.74. The fourth-order valence-corrected chi connectivity index (χ4v) is 1.69. The highest BCUT2D eigenvalue weighted by atomic mass is 16.5. The Balaban J connectivity index is 0.00000162. The summed E-state index contributed by atoms with van der Waals surface area (Å²) >= 11 is 0. The fourth-order valence-electron chi connectivity index (χ4n) is 1.69. The summed E-state index contributed by atoms with van der Waals surface area (Å²) in [5.41, 5.74) is 1.55. The van der Waals surface area contributed by atoms with Crippen molar-refractivity contribution in [2.45, 2.75) is 0 Å². The van der Waals surface area contributed by atoms with Crippen molar-refractivity contribution < 1.29 is 35.7 Å². The van der Waals surface area contributed by atoms with Crippen molar-refractivity contribution in [3.63, 3.8) is 0 Å². The molecule has 1 amide bonds. The van der Waals surface area contributed by atoms with E-state index in [1.165, 1.54) is 18.2 Å². The summed E-state index contributed by atoms with van der Waals surface area (Å²) in [6.07, 6.45) is 0. The third-order valence-corrected chi connectivity index (χ3v) is 2.44. The second-order valence-electron chi connectivity index (χ2n) is 3.52. The van der Waals surface area contributed by atoms with E-state index < -0.39 is 24.2 Å². The quantitative estimate of drug-likeness (QED) is 0.327. The molecule has 1 aliphatic rings. The number of benzene rings is 1. The molecule has 0 saturated heterocycles. The smallest absolute Gasteiger partial charge is 0.323 e. The summed E-state index contributed by atoms with van der Waals surface area (Å²) in [6, 6.07) is 4.26. The lowest BCUT2D eigenvalue weighted by molar-refractivity contribution is -0.825. The van der Waals surface area contributed by atoms with Crippen LogP contribution in [0, 0.1) is 0 Å². The van der Waals surface area contributed by atoms with E-state index in [2.05, 4.69) is 0 Å². The number of nitrogens with zero attached hydrogens (tertiary/aromatic N) is 1. The van der Waals surface area contributed by atoms with E-state index in [-0.39, 0.29) is 16.7 Å². The fraction of sp³-hybridized carbons (Fsp3) is 0.100. The van der Waals surface area contributed by atoms with Gasteiger partial charge in [-0.25, -0.2) is 5.21 Å². The van der Waals surface area contributed by atoms with Crippen molar-refractivity contribution in [2.24, 2.45) is 0 Å². The molecule has 0 radical (unpaired) electrons. The van der Waals surface area contributed by atoms with Crippen LogP contribution in [-0.2, 0) is 9.59 Å². The highest BCUT2D eigenvalue weighted by Crippen LogP contribution is 2.29. The summed E-state index contributed by atoms with van der Waals surface area (Å²) in [5, 5.41) is 17.5. The summed E-state index contributed by atoms with van der Waals surface area (Å²) < 4.78 is 0. The molecule has 1 aromatic rings. The number of aliphatic carboxylic acids is 1. The van der Waals surface area contributed by atoms with Crippen LogP contribution in [0.3, 0.4) is 0 Å². The number of nitrogens with two attached hydrogens (primary N) is 1. The zero-order chi connectivity index (χ0) is 12.6. The third kappa shape index (κ3) is 2.07. The molecule has 6 N–H and O–H groups in total. The van der Waals surface area contributed by atoms with Crippen LogP contribution in [0.4, 0.5) is 11.4 Å². The van der Waals surface area contributed by atoms with Crippen molar-refractivity contribution in [3.05, 3.63) is 23.8 Å². The van der Waals surface area contributed by atoms with Gasteiger partial charge in [-0.3, -0.25) is 19.3 Å². The molecule has 0 atom stereocenters. The Labute approximate surface area is 101 Å². The Kier molecular flexibility index (Phi) is 3.76. The minimum Gasteiger partial charge on any atom is -0.480 e. The maximum absolute atomic E-state index is 11.6. The van der Waals surface area contributed by atoms with Crippen LogP contribution in [0.1, 0.15) is 10.4 Å². The van der Waals surface area contributed by atoms with Crippen molar-refractivity contribution in [3.8, 4) is 0 Å². The normalized spacial score (nSPS) is 13.3. The van der Waals surface area contributed by atoms with Gasteiger partial charge in [0.1, 0.15) is 6.54 Å². The van der Waals surface area contributed by atoms with Gasteiger partial charge in [-0.2, -0.15) is 5.48 Å². The van der Waals surface area contributed by atoms with Crippen LogP contribution in [0.25, 0.3) is 0 Å². The standard InChI is InChI=1S/C10H8N2O5.H2O/c13-8(14)4-12-7-2-1-5(11-17)3-6(7)9(15)10(12)16;/h1-3,11,17H,4H2,(H,13,14);1H2/p+1. The number of carbonyl (C=O) groups excluding carboxylic acids is 2. The second kappa shape index (κ2) is 4.92. The molecule has 18 heavy (non-hydrogen) atoms. The van der Waals surface area contributed by atoms with E-state index in [4.69, 9.17) is 10.3 Å². The summed E-state index contributed by atoms with van der Waals surface area (Å²) in [7, 11) is 0. The first-order valence-electron chi connectivity index (χ1n) is 4.74. The highest BCUT2D eigenvalue weighted by Gasteiger charge is 2.37. The molecule has 1 heterocycles. The van der Waals surface area contributed by atoms with Crippen molar-refractivity contribution in [2.75, 3.05) is 11.4 Å². The number of carboxylic acid groups (broad SMARTS) is 1. The van der Waals surface area contributed by atoms with Crippen molar-refractivity contribution in [1.82, 2.24) is 0 Å². The van der Waals surface area contributed by atoms with E-state index in [9.17, 15) is 14.4 Å². The molecule has 0 saturated carbocycles. The molecular formula is C10H11N2O6+. The van der Waals surface area contributed by atoms with E-state index >= 15 is 0 Å². The van der Waals surface area contributed by atoms with Crippen LogP contribution in [0.5, 0.6) is 0 Å². The lowest BCUT2D eigenvalue weighted by Crippen LogP contribution is -2.73. The SMILES string of the molecule is O.O=C(O)CN1C(=O)C(=O)c2cc([NH2+]O)ccc21. The first kappa shape index (κ1) is 13.8. The van der Waals surface area contributed by atoms with Gasteiger partial charge >= 0.3 is 5.97 Å². The average molecular weight is 255 g/mol. The number of fused-ring (bicyclic) bond motifs is 1. The van der Waals surface area contributed by atoms with Crippen LogP contribution in [-0.4, -0.2) is 40.0 Å². The van der Waals surface area contributed by atoms with Gasteiger partial charge in [0.25, 0.3) is 11.7 Å². The van der Waals surface area contributed by atoms with Crippen LogP contribution in [0.2, 0.25) is 0 Å². The van der Waals surface area contributed by atoms with Gasteiger partial charge in [0, 0.05) is 12.1 Å². The van der Waals surface area contributed by atoms with E-state index in [0.717, 1.165) is 10.4 Å². The molecule has 0 fully saturated rings. The van der Waals surface area contributed by atoms with Crippen LogP contribution in [0.15, 0.2) is 18.2 Å². The molecule has 96 valence electrons. The molecule has 0 aromatic heterocycles. The minimum atomic E-state index is -1.20. The number of ketones is 1. The molecule has 2 rings (SSSR count). The zero-order valence-electron chi connectivity index (χ0n) is 9.08. The summed E-state index contributed by atoms with van der Waals surface area (Å²) in [6.45, 7) is -0.556. The number of carboxylic acids is 1. The van der Waals surface area contributed by atoms with E-state index in [1.54, 1.807) is 0 Å². The molecular weight excluding hydrogens is 244 g/mol. The number of hydrogen-bond donors (Lipinski definition) is 3. The Bertz CT molecular complexity index is 527. The summed E-state index contributed by atoms with van der Waals surface area (Å²) in [5.74, 6) is -2.82. The Morgan fingerprint density at radius 3 is 2.56 bits per heavy atom. The first-order chi connectivity index (χ1) is 8.04. The number of Topliss-reactive ketones (excluding diaryl/α,β-unsaturated/α-hetero) is 1. The van der Waals surface area contributed by atoms with Gasteiger partial charge < -0.3 is 10.6 Å². The van der Waals surface area contributed by atoms with Crippen molar-refractivity contribution >= 4 is 29.0 Å². The van der Waals surface area contributed by atoms with Gasteiger partial charge in [-0.1, -0.05) is 0 Å².